The number of benzene rings is 1. The molecule has 19 heavy (non-hydrogen) atoms. The molecule has 1 aromatic carbocycles. The standard InChI is InChI=1S/C11H13ClN4O2S/c1-7-2-3-10(9(12)4-7)19(17,18)15-6-8-5-14-16-11(8)13/h2-5,15H,6H2,1H3,(H3,13,14,16). The normalized spacial score (nSPS) is 11.7. The van der Waals surface area contributed by atoms with Crippen LogP contribution in [0, 0.1) is 6.92 Å². The molecule has 0 saturated heterocycles. The van der Waals surface area contributed by atoms with E-state index in [4.69, 9.17) is 17.3 Å². The summed E-state index contributed by atoms with van der Waals surface area (Å²) in [7, 11) is -3.68. The number of hydrogen-bond acceptors (Lipinski definition) is 4. The van der Waals surface area contributed by atoms with Crippen molar-refractivity contribution in [1.29, 1.82) is 0 Å². The van der Waals surface area contributed by atoms with Gasteiger partial charge in [-0.05, 0) is 24.6 Å². The van der Waals surface area contributed by atoms with Crippen LogP contribution in [-0.4, -0.2) is 18.6 Å². The molecular weight excluding hydrogens is 288 g/mol. The summed E-state index contributed by atoms with van der Waals surface area (Å²) in [5.74, 6) is 0.331. The molecule has 2 aromatic rings. The quantitative estimate of drug-likeness (QED) is 0.795. The number of aromatic amines is 1. The van der Waals surface area contributed by atoms with E-state index in [1.54, 1.807) is 12.1 Å². The Morgan fingerprint density at radius 1 is 1.47 bits per heavy atom. The average molecular weight is 301 g/mol. The maximum atomic E-state index is 12.1. The number of nitrogens with zero attached hydrogens (tertiary/aromatic N) is 1. The van der Waals surface area contributed by atoms with E-state index < -0.39 is 10.0 Å². The Kier molecular flexibility index (Phi) is 3.79. The van der Waals surface area contributed by atoms with Gasteiger partial charge in [0.1, 0.15) is 10.7 Å². The number of aryl methyl sites for hydroxylation is 1. The second-order valence-corrected chi connectivity index (χ2v) is 6.21. The first-order valence-corrected chi connectivity index (χ1v) is 7.30. The van der Waals surface area contributed by atoms with E-state index in [0.717, 1.165) is 5.56 Å². The fourth-order valence-electron chi connectivity index (χ4n) is 1.54. The van der Waals surface area contributed by atoms with Gasteiger partial charge in [0.25, 0.3) is 0 Å². The fraction of sp³-hybridized carbons (Fsp3) is 0.182. The first-order chi connectivity index (χ1) is 8.90. The van der Waals surface area contributed by atoms with Crippen LogP contribution in [-0.2, 0) is 16.6 Å². The number of H-pyrrole nitrogens is 1. The zero-order chi connectivity index (χ0) is 14.0. The maximum absolute atomic E-state index is 12.1. The zero-order valence-corrected chi connectivity index (χ0v) is 11.7. The Balaban J connectivity index is 2.21. The number of nitrogens with two attached hydrogens (primary N) is 1. The first kappa shape index (κ1) is 13.9. The van der Waals surface area contributed by atoms with E-state index in [2.05, 4.69) is 14.9 Å². The largest absolute Gasteiger partial charge is 0.384 e. The lowest BCUT2D eigenvalue weighted by Crippen LogP contribution is -2.23. The Morgan fingerprint density at radius 3 is 2.79 bits per heavy atom. The summed E-state index contributed by atoms with van der Waals surface area (Å²) in [6.07, 6.45) is 1.47. The molecule has 0 amide bonds. The molecule has 0 aliphatic rings. The molecule has 0 radical (unpaired) electrons. The molecule has 0 unspecified atom stereocenters. The van der Waals surface area contributed by atoms with Crippen LogP contribution in [0.5, 0.6) is 0 Å². The first-order valence-electron chi connectivity index (χ1n) is 5.43. The van der Waals surface area contributed by atoms with Gasteiger partial charge in [0.05, 0.1) is 11.2 Å². The molecule has 2 rings (SSSR count). The van der Waals surface area contributed by atoms with E-state index in [-0.39, 0.29) is 16.5 Å². The molecule has 1 aromatic heterocycles. The van der Waals surface area contributed by atoms with E-state index >= 15 is 0 Å². The minimum Gasteiger partial charge on any atom is -0.384 e. The summed E-state index contributed by atoms with van der Waals surface area (Å²) >= 11 is 5.94. The summed E-state index contributed by atoms with van der Waals surface area (Å²) in [4.78, 5) is 0.0434. The number of nitrogen functional groups attached to an aromatic ring is 1. The summed E-state index contributed by atoms with van der Waals surface area (Å²) in [5, 5.41) is 6.43. The molecule has 6 nitrogen and oxygen atoms in total. The number of hydrogen-bond donors (Lipinski definition) is 3. The van der Waals surface area contributed by atoms with Gasteiger partial charge >= 0.3 is 0 Å². The SMILES string of the molecule is Cc1ccc(S(=O)(=O)NCc2cn[nH]c2N)c(Cl)c1. The lowest BCUT2D eigenvalue weighted by molar-refractivity contribution is 0.581. The molecule has 0 bridgehead atoms. The highest BCUT2D eigenvalue weighted by Gasteiger charge is 2.18. The molecule has 0 atom stereocenters. The van der Waals surface area contributed by atoms with E-state index in [1.807, 2.05) is 6.92 Å². The van der Waals surface area contributed by atoms with Gasteiger partial charge in [-0.15, -0.1) is 0 Å². The van der Waals surface area contributed by atoms with Crippen LogP contribution >= 0.6 is 11.6 Å². The smallest absolute Gasteiger partial charge is 0.242 e. The average Bonchev–Trinajstić information content (AvgIpc) is 2.72. The molecule has 0 aliphatic heterocycles. The number of anilines is 1. The predicted molar refractivity (Wildman–Crippen MR) is 73.2 cm³/mol. The monoisotopic (exact) mass is 300 g/mol. The van der Waals surface area contributed by atoms with Crippen LogP contribution < -0.4 is 10.5 Å². The van der Waals surface area contributed by atoms with Gasteiger partial charge in [-0.3, -0.25) is 5.10 Å². The zero-order valence-electron chi connectivity index (χ0n) is 10.1. The van der Waals surface area contributed by atoms with Gasteiger partial charge in [-0.2, -0.15) is 5.10 Å². The van der Waals surface area contributed by atoms with E-state index in [1.165, 1.54) is 12.3 Å². The molecule has 0 aliphatic carbocycles. The van der Waals surface area contributed by atoms with Crippen LogP contribution in [0.4, 0.5) is 5.82 Å². The van der Waals surface area contributed by atoms with Crippen LogP contribution in [0.2, 0.25) is 5.02 Å². The van der Waals surface area contributed by atoms with Crippen LogP contribution in [0.1, 0.15) is 11.1 Å². The molecular formula is C11H13ClN4O2S. The minimum atomic E-state index is -3.68. The topological polar surface area (TPSA) is 101 Å². The second-order valence-electron chi connectivity index (χ2n) is 4.07. The van der Waals surface area contributed by atoms with E-state index in [0.29, 0.717) is 11.4 Å². The highest BCUT2D eigenvalue weighted by Crippen LogP contribution is 2.22. The van der Waals surface area contributed by atoms with Crippen molar-refractivity contribution < 1.29 is 8.42 Å². The van der Waals surface area contributed by atoms with Gasteiger partial charge in [0.2, 0.25) is 10.0 Å². The molecule has 0 spiro atoms. The summed E-state index contributed by atoms with van der Waals surface area (Å²) in [6.45, 7) is 1.89. The fourth-order valence-corrected chi connectivity index (χ4v) is 3.14. The second kappa shape index (κ2) is 5.20. The van der Waals surface area contributed by atoms with Crippen molar-refractivity contribution in [3.63, 3.8) is 0 Å². The van der Waals surface area contributed by atoms with Crippen LogP contribution in [0.3, 0.4) is 0 Å². The minimum absolute atomic E-state index is 0.0434. The lowest BCUT2D eigenvalue weighted by atomic mass is 10.2. The van der Waals surface area contributed by atoms with Gasteiger partial charge in [-0.1, -0.05) is 17.7 Å². The van der Waals surface area contributed by atoms with Crippen molar-refractivity contribution in [3.8, 4) is 0 Å². The molecule has 1 heterocycles. The summed E-state index contributed by atoms with van der Waals surface area (Å²) in [6, 6.07) is 4.76. The van der Waals surface area contributed by atoms with E-state index in [9.17, 15) is 8.42 Å². The van der Waals surface area contributed by atoms with Gasteiger partial charge in [-0.25, -0.2) is 13.1 Å². The van der Waals surface area contributed by atoms with Crippen LogP contribution in [0.15, 0.2) is 29.3 Å². The third-order valence-corrected chi connectivity index (χ3v) is 4.47. The van der Waals surface area contributed by atoms with Crippen molar-refractivity contribution >= 4 is 27.4 Å². The molecule has 4 N–H and O–H groups in total. The summed E-state index contributed by atoms with van der Waals surface area (Å²) < 4.78 is 26.6. The molecule has 102 valence electrons. The van der Waals surface area contributed by atoms with Crippen molar-refractivity contribution in [1.82, 2.24) is 14.9 Å². The number of rotatable bonds is 4. The number of aromatic nitrogens is 2. The molecule has 8 heteroatoms. The Bertz CT molecular complexity index is 696. The molecule has 0 saturated carbocycles. The van der Waals surface area contributed by atoms with Gasteiger partial charge in [0.15, 0.2) is 0 Å². The van der Waals surface area contributed by atoms with Crippen LogP contribution in [0.25, 0.3) is 0 Å². The lowest BCUT2D eigenvalue weighted by Gasteiger charge is -2.08. The highest BCUT2D eigenvalue weighted by atomic mass is 35.5. The molecule has 0 fully saturated rings. The van der Waals surface area contributed by atoms with Crippen molar-refractivity contribution in [3.05, 3.63) is 40.5 Å². The number of sulfonamides is 1. The summed E-state index contributed by atoms with van der Waals surface area (Å²) in [5.41, 5.74) is 7.05. The van der Waals surface area contributed by atoms with Gasteiger partial charge in [0, 0.05) is 12.1 Å². The maximum Gasteiger partial charge on any atom is 0.242 e. The van der Waals surface area contributed by atoms with Gasteiger partial charge < -0.3 is 5.73 Å². The van der Waals surface area contributed by atoms with Crippen molar-refractivity contribution in [2.24, 2.45) is 0 Å². The number of nitrogens with one attached hydrogen (secondary N) is 2. The Labute approximate surface area is 116 Å². The Hall–Kier alpha value is -1.57. The third-order valence-electron chi connectivity index (χ3n) is 2.58. The number of halogens is 1. The van der Waals surface area contributed by atoms with Crippen molar-refractivity contribution in [2.75, 3.05) is 5.73 Å². The van der Waals surface area contributed by atoms with Crippen molar-refractivity contribution in [2.45, 2.75) is 18.4 Å². The highest BCUT2D eigenvalue weighted by molar-refractivity contribution is 7.89. The Morgan fingerprint density at radius 2 is 2.21 bits per heavy atom. The third kappa shape index (κ3) is 3.06. The predicted octanol–water partition coefficient (Wildman–Crippen LogP) is 1.43.